The van der Waals surface area contributed by atoms with E-state index in [0.29, 0.717) is 18.4 Å². The van der Waals surface area contributed by atoms with E-state index in [-0.39, 0.29) is 24.1 Å². The maximum absolute atomic E-state index is 12.2. The molecule has 2 saturated carbocycles. The number of esters is 1. The van der Waals surface area contributed by atoms with Gasteiger partial charge in [-0.15, -0.1) is 0 Å². The van der Waals surface area contributed by atoms with Crippen molar-refractivity contribution in [1.29, 1.82) is 0 Å². The summed E-state index contributed by atoms with van der Waals surface area (Å²) < 4.78 is 5.30. The first-order valence-electron chi connectivity index (χ1n) is 6.96. The molecule has 0 amide bonds. The molecule has 4 unspecified atom stereocenters. The van der Waals surface area contributed by atoms with Gasteiger partial charge in [-0.1, -0.05) is 13.8 Å². The zero-order valence-corrected chi connectivity index (χ0v) is 11.7. The minimum absolute atomic E-state index is 0.0900. The van der Waals surface area contributed by atoms with Crippen LogP contribution in [0.3, 0.4) is 0 Å². The molecule has 0 bridgehead atoms. The monoisotopic (exact) mass is 264 g/mol. The van der Waals surface area contributed by atoms with Crippen molar-refractivity contribution in [2.45, 2.75) is 58.2 Å². The van der Waals surface area contributed by atoms with Gasteiger partial charge in [-0.3, -0.25) is 4.79 Å². The van der Waals surface area contributed by atoms with Gasteiger partial charge in [0.1, 0.15) is 11.7 Å². The Labute approximate surface area is 112 Å². The van der Waals surface area contributed by atoms with Crippen LogP contribution in [0, 0.1) is 11.3 Å². The number of aliphatic hydroxyl groups is 1. The molecule has 19 heavy (non-hydrogen) atoms. The van der Waals surface area contributed by atoms with E-state index in [1.54, 1.807) is 6.92 Å². The summed E-state index contributed by atoms with van der Waals surface area (Å²) in [5.41, 5.74) is -0.176. The van der Waals surface area contributed by atoms with Crippen LogP contribution in [0.15, 0.2) is 11.1 Å². The average molecular weight is 264 g/mol. The van der Waals surface area contributed by atoms with Gasteiger partial charge in [0.2, 0.25) is 0 Å². The smallest absolute Gasteiger partial charge is 0.334 e. The number of ether oxygens (including phenoxy) is 1. The highest BCUT2D eigenvalue weighted by atomic mass is 16.5. The SMILES string of the molecule is CC1=C2CC3(C)C(C)CCC(=O)C3(O)CC2OC1=O. The van der Waals surface area contributed by atoms with E-state index in [0.717, 1.165) is 12.0 Å². The van der Waals surface area contributed by atoms with Gasteiger partial charge in [0.25, 0.3) is 0 Å². The quantitative estimate of drug-likeness (QED) is 0.677. The van der Waals surface area contributed by atoms with Crippen LogP contribution in [-0.2, 0) is 14.3 Å². The van der Waals surface area contributed by atoms with Gasteiger partial charge in [-0.05, 0) is 31.3 Å². The van der Waals surface area contributed by atoms with Crippen molar-refractivity contribution in [3.63, 3.8) is 0 Å². The fourth-order valence-electron chi connectivity index (χ4n) is 4.00. The summed E-state index contributed by atoms with van der Waals surface area (Å²) in [4.78, 5) is 23.9. The van der Waals surface area contributed by atoms with E-state index in [9.17, 15) is 14.7 Å². The Morgan fingerprint density at radius 3 is 2.74 bits per heavy atom. The molecule has 0 aromatic heterocycles. The van der Waals surface area contributed by atoms with Crippen LogP contribution in [0.2, 0.25) is 0 Å². The maximum Gasteiger partial charge on any atom is 0.334 e. The normalized spacial score (nSPS) is 45.9. The van der Waals surface area contributed by atoms with Crippen molar-refractivity contribution in [2.75, 3.05) is 0 Å². The number of hydrogen-bond donors (Lipinski definition) is 1. The Hall–Kier alpha value is -1.16. The second kappa shape index (κ2) is 3.69. The highest BCUT2D eigenvalue weighted by Gasteiger charge is 2.62. The third-order valence-corrected chi connectivity index (χ3v) is 5.76. The number of Topliss-reactive ketones (excluding diaryl/α,β-unsaturated/α-hetero) is 1. The largest absolute Gasteiger partial charge is 0.454 e. The molecule has 0 aromatic rings. The Balaban J connectivity index is 2.08. The van der Waals surface area contributed by atoms with E-state index in [2.05, 4.69) is 6.92 Å². The third-order valence-electron chi connectivity index (χ3n) is 5.76. The Kier molecular flexibility index (Phi) is 2.50. The highest BCUT2D eigenvalue weighted by Crippen LogP contribution is 2.57. The van der Waals surface area contributed by atoms with Gasteiger partial charge in [0, 0.05) is 23.8 Å². The molecule has 3 rings (SSSR count). The number of fused-ring (bicyclic) bond motifs is 2. The minimum Gasteiger partial charge on any atom is -0.454 e. The van der Waals surface area contributed by atoms with Crippen LogP contribution < -0.4 is 0 Å². The lowest BCUT2D eigenvalue weighted by Crippen LogP contribution is -2.62. The molecule has 4 atom stereocenters. The Morgan fingerprint density at radius 2 is 2.05 bits per heavy atom. The lowest BCUT2D eigenvalue weighted by Gasteiger charge is -2.55. The second-order valence-electron chi connectivity index (χ2n) is 6.57. The summed E-state index contributed by atoms with van der Waals surface area (Å²) in [6.07, 6.45) is 1.64. The summed E-state index contributed by atoms with van der Waals surface area (Å²) in [7, 11) is 0. The molecular formula is C15H20O4. The molecule has 3 aliphatic rings. The molecule has 1 N–H and O–H groups in total. The molecule has 0 radical (unpaired) electrons. The first-order chi connectivity index (χ1) is 8.79. The summed E-state index contributed by atoms with van der Waals surface area (Å²) in [6, 6.07) is 0. The number of carbonyl (C=O) groups excluding carboxylic acids is 2. The first kappa shape index (κ1) is 12.9. The highest BCUT2D eigenvalue weighted by molar-refractivity contribution is 5.93. The molecule has 2 fully saturated rings. The Morgan fingerprint density at radius 1 is 1.37 bits per heavy atom. The molecule has 104 valence electrons. The van der Waals surface area contributed by atoms with Gasteiger partial charge in [-0.2, -0.15) is 0 Å². The first-order valence-corrected chi connectivity index (χ1v) is 6.96. The van der Waals surface area contributed by atoms with Crippen molar-refractivity contribution in [1.82, 2.24) is 0 Å². The van der Waals surface area contributed by atoms with Gasteiger partial charge in [0.05, 0.1) is 0 Å². The molecule has 2 aliphatic carbocycles. The maximum atomic E-state index is 12.2. The lowest BCUT2D eigenvalue weighted by molar-refractivity contribution is -0.183. The van der Waals surface area contributed by atoms with E-state index in [1.165, 1.54) is 0 Å². The van der Waals surface area contributed by atoms with Crippen molar-refractivity contribution >= 4 is 11.8 Å². The zero-order valence-electron chi connectivity index (χ0n) is 11.7. The zero-order chi connectivity index (χ0) is 14.0. The van der Waals surface area contributed by atoms with Crippen molar-refractivity contribution < 1.29 is 19.4 Å². The number of rotatable bonds is 0. The van der Waals surface area contributed by atoms with Crippen LogP contribution >= 0.6 is 0 Å². The van der Waals surface area contributed by atoms with Crippen LogP contribution in [0.1, 0.15) is 46.5 Å². The Bertz CT molecular complexity index is 506. The van der Waals surface area contributed by atoms with Crippen LogP contribution in [-0.4, -0.2) is 28.6 Å². The topological polar surface area (TPSA) is 63.6 Å². The van der Waals surface area contributed by atoms with Gasteiger partial charge < -0.3 is 9.84 Å². The number of ketones is 1. The molecule has 0 spiro atoms. The minimum atomic E-state index is -1.34. The predicted molar refractivity (Wildman–Crippen MR) is 68.3 cm³/mol. The van der Waals surface area contributed by atoms with Crippen molar-refractivity contribution in [3.05, 3.63) is 11.1 Å². The third kappa shape index (κ3) is 1.43. The second-order valence-corrected chi connectivity index (χ2v) is 6.57. The van der Waals surface area contributed by atoms with E-state index >= 15 is 0 Å². The molecular weight excluding hydrogens is 244 g/mol. The van der Waals surface area contributed by atoms with Crippen LogP contribution in [0.4, 0.5) is 0 Å². The van der Waals surface area contributed by atoms with Gasteiger partial charge >= 0.3 is 5.97 Å². The average Bonchev–Trinajstić information content (AvgIpc) is 2.61. The van der Waals surface area contributed by atoms with Gasteiger partial charge in [0.15, 0.2) is 5.78 Å². The summed E-state index contributed by atoms with van der Waals surface area (Å²) in [5.74, 6) is -0.133. The predicted octanol–water partition coefficient (Wildman–Crippen LogP) is 1.76. The number of carbonyl (C=O) groups is 2. The fourth-order valence-corrected chi connectivity index (χ4v) is 4.00. The van der Waals surface area contributed by atoms with Crippen molar-refractivity contribution in [3.8, 4) is 0 Å². The number of hydrogen-bond acceptors (Lipinski definition) is 4. The molecule has 0 saturated heterocycles. The van der Waals surface area contributed by atoms with Crippen LogP contribution in [0.25, 0.3) is 0 Å². The molecule has 4 heteroatoms. The van der Waals surface area contributed by atoms with E-state index < -0.39 is 17.1 Å². The van der Waals surface area contributed by atoms with Gasteiger partial charge in [-0.25, -0.2) is 4.79 Å². The van der Waals surface area contributed by atoms with E-state index in [4.69, 9.17) is 4.74 Å². The summed E-state index contributed by atoms with van der Waals surface area (Å²) >= 11 is 0. The lowest BCUT2D eigenvalue weighted by atomic mass is 9.51. The standard InChI is InChI=1S/C15H20O4/c1-8-4-5-12(16)15(18)7-11-10(6-14(8,15)3)9(2)13(17)19-11/h8,11,18H,4-7H2,1-3H3. The fraction of sp³-hybridized carbons (Fsp3) is 0.733. The summed E-state index contributed by atoms with van der Waals surface area (Å²) in [5, 5.41) is 10.9. The van der Waals surface area contributed by atoms with Crippen molar-refractivity contribution in [2.24, 2.45) is 11.3 Å². The molecule has 1 heterocycles. The molecule has 0 aromatic carbocycles. The molecule has 4 nitrogen and oxygen atoms in total. The van der Waals surface area contributed by atoms with Crippen LogP contribution in [0.5, 0.6) is 0 Å². The van der Waals surface area contributed by atoms with E-state index in [1.807, 2.05) is 6.92 Å². The summed E-state index contributed by atoms with van der Waals surface area (Å²) in [6.45, 7) is 5.85. The molecule has 1 aliphatic heterocycles.